The van der Waals surface area contributed by atoms with E-state index in [1.54, 1.807) is 28.0 Å². The number of thiazole rings is 1. The highest BCUT2D eigenvalue weighted by molar-refractivity contribution is 7.88. The third-order valence-corrected chi connectivity index (χ3v) is 6.33. The number of hydrogen-bond acceptors (Lipinski definition) is 6. The third kappa shape index (κ3) is 3.94. The molecule has 1 fully saturated rings. The van der Waals surface area contributed by atoms with Crippen molar-refractivity contribution in [2.24, 2.45) is 5.92 Å². The van der Waals surface area contributed by atoms with Gasteiger partial charge in [0.05, 0.1) is 34.2 Å². The lowest BCUT2D eigenvalue weighted by Gasteiger charge is -2.30. The van der Waals surface area contributed by atoms with Gasteiger partial charge < -0.3 is 0 Å². The maximum atomic E-state index is 11.7. The van der Waals surface area contributed by atoms with E-state index in [0.717, 1.165) is 41.2 Å². The first-order chi connectivity index (χ1) is 10.9. The molecule has 0 aromatic carbocycles. The van der Waals surface area contributed by atoms with E-state index in [-0.39, 0.29) is 0 Å². The lowest BCUT2D eigenvalue weighted by atomic mass is 9.95. The zero-order valence-electron chi connectivity index (χ0n) is 13.3. The van der Waals surface area contributed by atoms with E-state index >= 15 is 0 Å². The van der Waals surface area contributed by atoms with Crippen LogP contribution in [-0.2, 0) is 16.4 Å². The van der Waals surface area contributed by atoms with Crippen LogP contribution in [0.1, 0.15) is 24.2 Å². The molecule has 1 unspecified atom stereocenters. The fourth-order valence-corrected chi connectivity index (χ4v) is 4.65. The van der Waals surface area contributed by atoms with Crippen LogP contribution >= 0.6 is 11.3 Å². The minimum absolute atomic E-state index is 0.297. The molecule has 0 saturated carbocycles. The highest BCUT2D eigenvalue weighted by Gasteiger charge is 2.26. The Hall–Kier alpha value is -1.38. The topological polar surface area (TPSA) is 76.1 Å². The van der Waals surface area contributed by atoms with E-state index in [4.69, 9.17) is 4.98 Å². The van der Waals surface area contributed by atoms with Crippen molar-refractivity contribution in [1.82, 2.24) is 19.3 Å². The number of hydrogen-bond donors (Lipinski definition) is 0. The summed E-state index contributed by atoms with van der Waals surface area (Å²) in [6.07, 6.45) is 7.50. The van der Waals surface area contributed by atoms with E-state index in [2.05, 4.69) is 9.97 Å². The Labute approximate surface area is 140 Å². The normalized spacial score (nSPS) is 19.8. The van der Waals surface area contributed by atoms with Gasteiger partial charge in [0, 0.05) is 19.3 Å². The van der Waals surface area contributed by atoms with Crippen LogP contribution in [0.2, 0.25) is 0 Å². The van der Waals surface area contributed by atoms with E-state index < -0.39 is 10.0 Å². The molecule has 23 heavy (non-hydrogen) atoms. The third-order valence-electron chi connectivity index (χ3n) is 4.11. The lowest BCUT2D eigenvalue weighted by Crippen LogP contribution is -2.39. The van der Waals surface area contributed by atoms with Crippen LogP contribution in [0.3, 0.4) is 0 Å². The zero-order chi connectivity index (χ0) is 16.4. The summed E-state index contributed by atoms with van der Waals surface area (Å²) in [6.45, 7) is 3.16. The number of aromatic nitrogens is 3. The Bertz CT molecular complexity index is 788. The first kappa shape index (κ1) is 16.5. The molecule has 1 aliphatic heterocycles. The van der Waals surface area contributed by atoms with Crippen LogP contribution in [0.4, 0.5) is 0 Å². The molecule has 1 saturated heterocycles. The number of rotatable bonds is 4. The van der Waals surface area contributed by atoms with Crippen molar-refractivity contribution < 1.29 is 8.42 Å². The first-order valence-corrected chi connectivity index (χ1v) is 10.3. The lowest BCUT2D eigenvalue weighted by molar-refractivity contribution is 0.265. The molecule has 0 radical (unpaired) electrons. The van der Waals surface area contributed by atoms with Crippen molar-refractivity contribution in [3.63, 3.8) is 0 Å². The molecule has 0 N–H and O–H groups in total. The molecule has 8 heteroatoms. The average molecular weight is 352 g/mol. The van der Waals surface area contributed by atoms with Crippen molar-refractivity contribution in [3.8, 4) is 10.6 Å². The molecule has 0 aliphatic carbocycles. The van der Waals surface area contributed by atoms with Crippen molar-refractivity contribution in [3.05, 3.63) is 29.3 Å². The Kier molecular flexibility index (Phi) is 4.74. The summed E-state index contributed by atoms with van der Waals surface area (Å²) in [5.74, 6) is 0.297. The largest absolute Gasteiger partial charge is 0.261 e. The minimum atomic E-state index is -3.11. The second-order valence-electron chi connectivity index (χ2n) is 6.00. The van der Waals surface area contributed by atoms with Crippen LogP contribution in [0.5, 0.6) is 0 Å². The van der Waals surface area contributed by atoms with Crippen molar-refractivity contribution in [1.29, 1.82) is 0 Å². The smallest absolute Gasteiger partial charge is 0.211 e. The Balaban J connectivity index is 1.75. The predicted octanol–water partition coefficient (Wildman–Crippen LogP) is 2.12. The van der Waals surface area contributed by atoms with E-state index in [1.165, 1.54) is 6.26 Å². The summed E-state index contributed by atoms with van der Waals surface area (Å²) in [4.78, 5) is 14.3. The summed E-state index contributed by atoms with van der Waals surface area (Å²) in [6, 6.07) is 0. The van der Waals surface area contributed by atoms with Crippen LogP contribution in [0.25, 0.3) is 10.6 Å². The molecule has 1 aliphatic rings. The fraction of sp³-hybridized carbons (Fsp3) is 0.533. The molecule has 6 nitrogen and oxygen atoms in total. The zero-order valence-corrected chi connectivity index (χ0v) is 14.9. The summed E-state index contributed by atoms with van der Waals surface area (Å²) >= 11 is 1.56. The Morgan fingerprint density at radius 2 is 2.22 bits per heavy atom. The molecule has 3 rings (SSSR count). The fourth-order valence-electron chi connectivity index (χ4n) is 2.95. The number of aryl methyl sites for hydroxylation is 1. The van der Waals surface area contributed by atoms with Gasteiger partial charge in [-0.1, -0.05) is 0 Å². The minimum Gasteiger partial charge on any atom is -0.261 e. The highest BCUT2D eigenvalue weighted by Crippen LogP contribution is 2.26. The molecule has 2 aromatic heterocycles. The quantitative estimate of drug-likeness (QED) is 0.842. The molecule has 0 bridgehead atoms. The van der Waals surface area contributed by atoms with Crippen LogP contribution in [-0.4, -0.2) is 47.0 Å². The highest BCUT2D eigenvalue weighted by atomic mass is 32.2. The van der Waals surface area contributed by atoms with Gasteiger partial charge in [0.1, 0.15) is 5.69 Å². The SMILES string of the molecule is Cc1ncsc1-c1cncc(CC2CCCN(S(C)(=O)=O)C2)n1. The van der Waals surface area contributed by atoms with Gasteiger partial charge in [-0.05, 0) is 32.1 Å². The number of sulfonamides is 1. The van der Waals surface area contributed by atoms with E-state index in [1.807, 2.05) is 12.4 Å². The monoisotopic (exact) mass is 352 g/mol. The van der Waals surface area contributed by atoms with Gasteiger partial charge in [0.2, 0.25) is 10.0 Å². The van der Waals surface area contributed by atoms with Gasteiger partial charge in [0.15, 0.2) is 0 Å². The maximum absolute atomic E-state index is 11.7. The molecule has 0 spiro atoms. The van der Waals surface area contributed by atoms with E-state index in [0.29, 0.717) is 19.0 Å². The van der Waals surface area contributed by atoms with Gasteiger partial charge in [-0.25, -0.2) is 22.7 Å². The van der Waals surface area contributed by atoms with Crippen LogP contribution in [0, 0.1) is 12.8 Å². The molecule has 1 atom stereocenters. The van der Waals surface area contributed by atoms with Crippen LogP contribution < -0.4 is 0 Å². The molecular formula is C15H20N4O2S2. The number of piperidine rings is 1. The molecule has 0 amide bonds. The molecule has 2 aromatic rings. The van der Waals surface area contributed by atoms with Crippen LogP contribution in [0.15, 0.2) is 17.9 Å². The van der Waals surface area contributed by atoms with Gasteiger partial charge >= 0.3 is 0 Å². The molecule has 3 heterocycles. The predicted molar refractivity (Wildman–Crippen MR) is 90.7 cm³/mol. The van der Waals surface area contributed by atoms with Gasteiger partial charge in [-0.3, -0.25) is 4.98 Å². The van der Waals surface area contributed by atoms with Crippen molar-refractivity contribution in [2.45, 2.75) is 26.2 Å². The average Bonchev–Trinajstić information content (AvgIpc) is 2.93. The summed E-state index contributed by atoms with van der Waals surface area (Å²) in [5, 5.41) is 0. The summed E-state index contributed by atoms with van der Waals surface area (Å²) in [7, 11) is -3.11. The Morgan fingerprint density at radius 3 is 2.91 bits per heavy atom. The van der Waals surface area contributed by atoms with E-state index in [9.17, 15) is 8.42 Å². The second-order valence-corrected chi connectivity index (χ2v) is 8.83. The van der Waals surface area contributed by atoms with Crippen molar-refractivity contribution in [2.75, 3.05) is 19.3 Å². The first-order valence-electron chi connectivity index (χ1n) is 7.60. The van der Waals surface area contributed by atoms with Crippen molar-refractivity contribution >= 4 is 21.4 Å². The number of nitrogens with zero attached hydrogens (tertiary/aromatic N) is 4. The van der Waals surface area contributed by atoms with Gasteiger partial charge in [-0.2, -0.15) is 0 Å². The second kappa shape index (κ2) is 6.62. The summed E-state index contributed by atoms with van der Waals surface area (Å²) in [5.41, 5.74) is 4.53. The molecule has 124 valence electrons. The summed E-state index contributed by atoms with van der Waals surface area (Å²) < 4.78 is 25.0. The maximum Gasteiger partial charge on any atom is 0.211 e. The molecular weight excluding hydrogens is 332 g/mol. The Morgan fingerprint density at radius 1 is 1.39 bits per heavy atom. The van der Waals surface area contributed by atoms with Gasteiger partial charge in [-0.15, -0.1) is 11.3 Å². The van der Waals surface area contributed by atoms with Gasteiger partial charge in [0.25, 0.3) is 0 Å². The standard InChI is InChI=1S/C15H20N4O2S2/c1-11-15(22-10-17-11)14-8-16-7-13(18-14)6-12-4-3-5-19(9-12)23(2,20)21/h7-8,10,12H,3-6,9H2,1-2H3.